The summed E-state index contributed by atoms with van der Waals surface area (Å²) in [6.07, 6.45) is 4.31. The molecule has 0 aromatic heterocycles. The van der Waals surface area contributed by atoms with Gasteiger partial charge in [-0.25, -0.2) is 8.42 Å². The van der Waals surface area contributed by atoms with Gasteiger partial charge in [0.1, 0.15) is 5.04 Å². The second kappa shape index (κ2) is 8.96. The fourth-order valence-electron chi connectivity index (χ4n) is 1.25. The molecule has 0 saturated heterocycles. The van der Waals surface area contributed by atoms with Crippen molar-refractivity contribution in [2.45, 2.75) is 24.9 Å². The minimum Gasteiger partial charge on any atom is -0.322 e. The van der Waals surface area contributed by atoms with Gasteiger partial charge in [-0.1, -0.05) is 0 Å². The quantitative estimate of drug-likeness (QED) is 0.425. The largest absolute Gasteiger partial charge is 0.322 e. The van der Waals surface area contributed by atoms with E-state index in [-0.39, 0.29) is 6.42 Å². The standard InChI is InChI=1S/C10H21N3O3S3/c1-17-5-3-7(11)9(13)19(15,16)10(14)8(12)4-6-18-2/h7-8,13H,3-6,11-12H2,1-2H3/t7-,8-/m0/s1. The van der Waals surface area contributed by atoms with E-state index in [4.69, 9.17) is 16.9 Å². The van der Waals surface area contributed by atoms with E-state index in [0.717, 1.165) is 0 Å². The summed E-state index contributed by atoms with van der Waals surface area (Å²) in [5.74, 6) is 1.22. The molecule has 9 heteroatoms. The predicted octanol–water partition coefficient (Wildman–Crippen LogP) is 0.0659. The lowest BCUT2D eigenvalue weighted by Crippen LogP contribution is -2.45. The first-order valence-corrected chi connectivity index (χ1v) is 9.92. The molecule has 0 bridgehead atoms. The van der Waals surface area contributed by atoms with E-state index >= 15 is 0 Å². The first kappa shape index (κ1) is 18.9. The number of rotatable bonds is 8. The Kier molecular flexibility index (Phi) is 8.92. The Hall–Kier alpha value is -0.0900. The highest BCUT2D eigenvalue weighted by molar-refractivity contribution is 8.19. The van der Waals surface area contributed by atoms with Crippen molar-refractivity contribution in [3.8, 4) is 0 Å². The summed E-state index contributed by atoms with van der Waals surface area (Å²) in [7, 11) is -4.32. The fraction of sp³-hybridized carbons (Fsp3) is 0.800. The van der Waals surface area contributed by atoms with Gasteiger partial charge < -0.3 is 11.5 Å². The van der Waals surface area contributed by atoms with Gasteiger partial charge in [0.2, 0.25) is 0 Å². The zero-order chi connectivity index (χ0) is 15.1. The lowest BCUT2D eigenvalue weighted by atomic mass is 10.3. The highest BCUT2D eigenvalue weighted by Crippen LogP contribution is 2.09. The number of nitrogens with two attached hydrogens (primary N) is 2. The van der Waals surface area contributed by atoms with Gasteiger partial charge in [-0.05, 0) is 36.9 Å². The molecule has 2 atom stereocenters. The van der Waals surface area contributed by atoms with Crippen LogP contribution in [0.4, 0.5) is 0 Å². The van der Waals surface area contributed by atoms with Crippen molar-refractivity contribution in [3.63, 3.8) is 0 Å². The van der Waals surface area contributed by atoms with Crippen molar-refractivity contribution in [1.82, 2.24) is 0 Å². The van der Waals surface area contributed by atoms with Crippen LogP contribution in [-0.4, -0.2) is 54.7 Å². The summed E-state index contributed by atoms with van der Waals surface area (Å²) in [6.45, 7) is 0. The highest BCUT2D eigenvalue weighted by atomic mass is 32.2. The van der Waals surface area contributed by atoms with Gasteiger partial charge in [0.15, 0.2) is 0 Å². The average Bonchev–Trinajstić information content (AvgIpc) is 2.39. The average molecular weight is 327 g/mol. The zero-order valence-electron chi connectivity index (χ0n) is 11.1. The topological polar surface area (TPSA) is 127 Å². The molecule has 0 aromatic carbocycles. The van der Waals surface area contributed by atoms with Crippen LogP contribution in [0, 0.1) is 5.41 Å². The van der Waals surface area contributed by atoms with Crippen molar-refractivity contribution in [2.24, 2.45) is 11.5 Å². The molecular formula is C10H21N3O3S3. The molecule has 0 aliphatic rings. The van der Waals surface area contributed by atoms with Gasteiger partial charge >= 0.3 is 0 Å². The van der Waals surface area contributed by atoms with Gasteiger partial charge in [0.25, 0.3) is 15.0 Å². The smallest absolute Gasteiger partial charge is 0.269 e. The molecule has 0 radical (unpaired) electrons. The van der Waals surface area contributed by atoms with Crippen LogP contribution in [0.15, 0.2) is 0 Å². The molecule has 0 fully saturated rings. The van der Waals surface area contributed by atoms with Crippen LogP contribution in [0.3, 0.4) is 0 Å². The summed E-state index contributed by atoms with van der Waals surface area (Å²) in [5, 5.41) is 5.74. The molecule has 112 valence electrons. The minimum absolute atomic E-state index is 0.270. The van der Waals surface area contributed by atoms with Gasteiger partial charge in [0.05, 0.1) is 12.1 Å². The number of nitrogens with one attached hydrogen (secondary N) is 1. The molecule has 6 nitrogen and oxygen atoms in total. The van der Waals surface area contributed by atoms with Crippen LogP contribution >= 0.6 is 23.5 Å². The van der Waals surface area contributed by atoms with Crippen LogP contribution in [0.1, 0.15) is 12.8 Å². The van der Waals surface area contributed by atoms with E-state index in [1.807, 2.05) is 12.5 Å². The van der Waals surface area contributed by atoms with Gasteiger partial charge in [0, 0.05) is 0 Å². The second-order valence-corrected chi connectivity index (χ2v) is 7.78. The SMILES string of the molecule is CSCC[C@H](N)C(=N)S(=O)(=O)C(=O)[C@@H](N)CCSC. The van der Waals surface area contributed by atoms with Crippen LogP contribution in [0.25, 0.3) is 0 Å². The van der Waals surface area contributed by atoms with Crippen LogP contribution < -0.4 is 11.5 Å². The maximum atomic E-state index is 11.9. The Morgan fingerprint density at radius 1 is 1.11 bits per heavy atom. The lowest BCUT2D eigenvalue weighted by molar-refractivity contribution is -0.112. The van der Waals surface area contributed by atoms with E-state index in [1.54, 1.807) is 0 Å². The number of carbonyl (C=O) groups is 1. The molecule has 0 aliphatic heterocycles. The molecule has 0 unspecified atom stereocenters. The molecule has 19 heavy (non-hydrogen) atoms. The summed E-state index contributed by atoms with van der Waals surface area (Å²) in [6, 6.07) is -2.04. The second-order valence-electron chi connectivity index (χ2n) is 3.96. The van der Waals surface area contributed by atoms with Crippen LogP contribution in [0.2, 0.25) is 0 Å². The van der Waals surface area contributed by atoms with E-state index < -0.39 is 32.1 Å². The molecule has 0 aliphatic carbocycles. The van der Waals surface area contributed by atoms with Crippen LogP contribution in [0.5, 0.6) is 0 Å². The highest BCUT2D eigenvalue weighted by Gasteiger charge is 2.34. The first-order chi connectivity index (χ1) is 8.78. The molecule has 0 saturated carbocycles. The minimum atomic E-state index is -4.32. The number of carbonyl (C=O) groups excluding carboxylic acids is 1. The van der Waals surface area contributed by atoms with E-state index in [0.29, 0.717) is 17.9 Å². The normalized spacial score (nSPS) is 14.9. The third kappa shape index (κ3) is 5.82. The number of sulfone groups is 1. The van der Waals surface area contributed by atoms with Crippen molar-refractivity contribution in [3.05, 3.63) is 0 Å². The van der Waals surface area contributed by atoms with Gasteiger partial charge in [-0.2, -0.15) is 23.5 Å². The van der Waals surface area contributed by atoms with Crippen molar-refractivity contribution >= 4 is 43.5 Å². The fourth-order valence-corrected chi connectivity index (χ4v) is 3.47. The van der Waals surface area contributed by atoms with E-state index in [9.17, 15) is 13.2 Å². The third-order valence-corrected chi connectivity index (χ3v) is 5.46. The zero-order valence-corrected chi connectivity index (χ0v) is 13.5. The molecule has 0 spiro atoms. The third-order valence-electron chi connectivity index (χ3n) is 2.46. The van der Waals surface area contributed by atoms with Gasteiger partial charge in [-0.15, -0.1) is 0 Å². The number of thioether (sulfide) groups is 2. The Balaban J connectivity index is 4.76. The van der Waals surface area contributed by atoms with Gasteiger partial charge in [-0.3, -0.25) is 10.2 Å². The van der Waals surface area contributed by atoms with Crippen molar-refractivity contribution < 1.29 is 13.2 Å². The molecule has 0 heterocycles. The molecule has 5 N–H and O–H groups in total. The van der Waals surface area contributed by atoms with Crippen LogP contribution in [-0.2, 0) is 14.6 Å². The van der Waals surface area contributed by atoms with E-state index in [2.05, 4.69) is 0 Å². The Morgan fingerprint density at radius 3 is 1.95 bits per heavy atom. The summed E-state index contributed by atoms with van der Waals surface area (Å²) in [5.41, 5.74) is 11.2. The van der Waals surface area contributed by atoms with E-state index in [1.165, 1.54) is 23.5 Å². The van der Waals surface area contributed by atoms with Crippen molar-refractivity contribution in [1.29, 1.82) is 5.41 Å². The number of hydrogen-bond acceptors (Lipinski definition) is 8. The Bertz CT molecular complexity index is 379. The number of hydrogen-bond donors (Lipinski definition) is 3. The molecule has 0 aromatic rings. The summed E-state index contributed by atoms with van der Waals surface area (Å²) in [4.78, 5) is 11.8. The maximum absolute atomic E-state index is 11.9. The van der Waals surface area contributed by atoms with Crippen molar-refractivity contribution in [2.75, 3.05) is 24.0 Å². The molecule has 0 rings (SSSR count). The molecule has 0 amide bonds. The summed E-state index contributed by atoms with van der Waals surface area (Å²) < 4.78 is 23.8. The lowest BCUT2D eigenvalue weighted by Gasteiger charge is -2.15. The summed E-state index contributed by atoms with van der Waals surface area (Å²) >= 11 is 2.98. The molecular weight excluding hydrogens is 306 g/mol. The maximum Gasteiger partial charge on any atom is 0.269 e. The monoisotopic (exact) mass is 327 g/mol. The first-order valence-electron chi connectivity index (χ1n) is 5.65. The Labute approximate surface area is 122 Å². The predicted molar refractivity (Wildman–Crippen MR) is 83.6 cm³/mol. The Morgan fingerprint density at radius 2 is 1.53 bits per heavy atom.